The van der Waals surface area contributed by atoms with Crippen LogP contribution in [0, 0.1) is 6.92 Å². The molecule has 5 heteroatoms. The van der Waals surface area contributed by atoms with Gasteiger partial charge < -0.3 is 15.1 Å². The Bertz CT molecular complexity index is 826. The summed E-state index contributed by atoms with van der Waals surface area (Å²) in [6.45, 7) is 6.09. The Hall–Kier alpha value is -2.82. The van der Waals surface area contributed by atoms with E-state index in [1.165, 1.54) is 6.42 Å². The number of carbonyl (C=O) groups excluding carboxylic acids is 2. The molecule has 2 aromatic carbocycles. The van der Waals surface area contributed by atoms with Gasteiger partial charge in [0.1, 0.15) is 0 Å². The molecule has 1 N–H and O–H groups in total. The van der Waals surface area contributed by atoms with E-state index in [0.29, 0.717) is 0 Å². The van der Waals surface area contributed by atoms with Crippen LogP contribution in [0.1, 0.15) is 37.3 Å². The smallest absolute Gasteiger partial charge is 0.243 e. The van der Waals surface area contributed by atoms with Crippen molar-refractivity contribution >= 4 is 23.2 Å². The highest BCUT2D eigenvalue weighted by Crippen LogP contribution is 2.18. The van der Waals surface area contributed by atoms with Crippen LogP contribution in [0.4, 0.5) is 11.4 Å². The van der Waals surface area contributed by atoms with Crippen molar-refractivity contribution in [3.8, 4) is 0 Å². The predicted molar refractivity (Wildman–Crippen MR) is 118 cm³/mol. The molecular formula is C24H31N3O2. The molecule has 2 amide bonds. The lowest BCUT2D eigenvalue weighted by Crippen LogP contribution is -2.45. The number of piperidine rings is 1. The molecule has 0 aromatic heterocycles. The Morgan fingerprint density at radius 2 is 1.66 bits per heavy atom. The van der Waals surface area contributed by atoms with Crippen LogP contribution >= 0.6 is 0 Å². The number of nitrogens with one attached hydrogen (secondary N) is 1. The molecule has 1 aliphatic heterocycles. The summed E-state index contributed by atoms with van der Waals surface area (Å²) < 4.78 is 0. The molecule has 29 heavy (non-hydrogen) atoms. The van der Waals surface area contributed by atoms with Gasteiger partial charge in [0.25, 0.3) is 0 Å². The molecule has 5 nitrogen and oxygen atoms in total. The first-order chi connectivity index (χ1) is 14.1. The van der Waals surface area contributed by atoms with Gasteiger partial charge in [-0.25, -0.2) is 0 Å². The van der Waals surface area contributed by atoms with E-state index in [4.69, 9.17) is 0 Å². The maximum Gasteiger partial charge on any atom is 0.243 e. The third kappa shape index (κ3) is 5.83. The van der Waals surface area contributed by atoms with E-state index in [1.54, 1.807) is 0 Å². The van der Waals surface area contributed by atoms with Crippen LogP contribution in [0.2, 0.25) is 0 Å². The van der Waals surface area contributed by atoms with Gasteiger partial charge >= 0.3 is 0 Å². The van der Waals surface area contributed by atoms with Gasteiger partial charge in [-0.3, -0.25) is 9.59 Å². The van der Waals surface area contributed by atoms with E-state index in [0.717, 1.165) is 54.9 Å². The first-order valence-electron chi connectivity index (χ1n) is 10.5. The van der Waals surface area contributed by atoms with Crippen molar-refractivity contribution in [3.05, 3.63) is 59.7 Å². The number of nitrogens with zero attached hydrogens (tertiary/aromatic N) is 2. The zero-order valence-electron chi connectivity index (χ0n) is 17.5. The van der Waals surface area contributed by atoms with Crippen molar-refractivity contribution in [2.75, 3.05) is 36.4 Å². The largest absolute Gasteiger partial charge is 0.353 e. The van der Waals surface area contributed by atoms with E-state index >= 15 is 0 Å². The van der Waals surface area contributed by atoms with E-state index in [1.807, 2.05) is 65.3 Å². The second-order valence-electron chi connectivity index (χ2n) is 7.69. The van der Waals surface area contributed by atoms with Crippen LogP contribution in [-0.2, 0) is 16.0 Å². The molecule has 0 radical (unpaired) electrons. The number of para-hydroxylation sites is 1. The molecule has 0 aliphatic carbocycles. The van der Waals surface area contributed by atoms with Crippen molar-refractivity contribution in [2.45, 2.75) is 39.5 Å². The second kappa shape index (κ2) is 10.1. The normalized spacial score (nSPS) is 13.8. The van der Waals surface area contributed by atoms with Gasteiger partial charge in [0, 0.05) is 24.5 Å². The first-order valence-corrected chi connectivity index (χ1v) is 10.5. The fourth-order valence-electron chi connectivity index (χ4n) is 3.71. The van der Waals surface area contributed by atoms with Crippen LogP contribution < -0.4 is 10.2 Å². The van der Waals surface area contributed by atoms with Gasteiger partial charge in [0.15, 0.2) is 0 Å². The molecule has 2 aromatic rings. The summed E-state index contributed by atoms with van der Waals surface area (Å²) in [6, 6.07) is 15.8. The molecular weight excluding hydrogens is 362 g/mol. The Labute approximate surface area is 173 Å². The maximum atomic E-state index is 12.8. The van der Waals surface area contributed by atoms with Crippen LogP contribution in [-0.4, -0.2) is 42.9 Å². The first kappa shape index (κ1) is 20.9. The number of aryl methyl sites for hydroxylation is 2. The van der Waals surface area contributed by atoms with Crippen LogP contribution in [0.25, 0.3) is 0 Å². The monoisotopic (exact) mass is 393 g/mol. The minimum atomic E-state index is -0.113. The van der Waals surface area contributed by atoms with Gasteiger partial charge in [0.05, 0.1) is 13.1 Å². The Morgan fingerprint density at radius 1 is 0.966 bits per heavy atom. The lowest BCUT2D eigenvalue weighted by molar-refractivity contribution is -0.130. The van der Waals surface area contributed by atoms with Crippen LogP contribution in [0.15, 0.2) is 48.5 Å². The highest BCUT2D eigenvalue weighted by atomic mass is 16.2. The molecule has 0 saturated carbocycles. The Kier molecular flexibility index (Phi) is 7.28. The van der Waals surface area contributed by atoms with E-state index in [-0.39, 0.29) is 24.9 Å². The van der Waals surface area contributed by atoms with Crippen LogP contribution in [0.5, 0.6) is 0 Å². The van der Waals surface area contributed by atoms with Crippen molar-refractivity contribution in [3.63, 3.8) is 0 Å². The molecule has 1 heterocycles. The summed E-state index contributed by atoms with van der Waals surface area (Å²) in [5.74, 6) is -0.0232. The molecule has 0 bridgehead atoms. The predicted octanol–water partition coefficient (Wildman–Crippen LogP) is 4.02. The number of amides is 2. The molecule has 0 atom stereocenters. The second-order valence-corrected chi connectivity index (χ2v) is 7.69. The van der Waals surface area contributed by atoms with E-state index < -0.39 is 0 Å². The summed E-state index contributed by atoms with van der Waals surface area (Å²) in [5.41, 5.74) is 3.98. The van der Waals surface area contributed by atoms with Crippen LogP contribution in [0.3, 0.4) is 0 Å². The maximum absolute atomic E-state index is 12.8. The quantitative estimate of drug-likeness (QED) is 0.773. The third-order valence-corrected chi connectivity index (χ3v) is 5.44. The number of likely N-dealkylation sites (tertiary alicyclic amines) is 1. The lowest BCUT2D eigenvalue weighted by Gasteiger charge is -2.31. The Morgan fingerprint density at radius 3 is 2.34 bits per heavy atom. The third-order valence-electron chi connectivity index (χ3n) is 5.44. The lowest BCUT2D eigenvalue weighted by atomic mass is 10.1. The van der Waals surface area contributed by atoms with Crippen molar-refractivity contribution in [1.29, 1.82) is 0 Å². The average molecular weight is 394 g/mol. The molecule has 1 aliphatic rings. The molecule has 1 fully saturated rings. The standard InChI is InChI=1S/C24H31N3O2/c1-3-20-9-5-6-10-22(20)25-23(28)17-27(21-13-11-19(2)12-14-21)18-24(29)26-15-7-4-8-16-26/h5-6,9-14H,3-4,7-8,15-18H2,1-2H3,(H,25,28). The zero-order chi connectivity index (χ0) is 20.6. The minimum Gasteiger partial charge on any atom is -0.353 e. The summed E-state index contributed by atoms with van der Waals surface area (Å²) in [5, 5.41) is 3.02. The summed E-state index contributed by atoms with van der Waals surface area (Å²) in [7, 11) is 0. The minimum absolute atomic E-state index is 0.0898. The fourth-order valence-corrected chi connectivity index (χ4v) is 3.71. The molecule has 0 unspecified atom stereocenters. The number of hydrogen-bond acceptors (Lipinski definition) is 3. The Balaban J connectivity index is 1.72. The highest BCUT2D eigenvalue weighted by molar-refractivity contribution is 5.95. The average Bonchev–Trinajstić information content (AvgIpc) is 2.74. The van der Waals surface area contributed by atoms with Crippen molar-refractivity contribution in [1.82, 2.24) is 4.90 Å². The summed E-state index contributed by atoms with van der Waals surface area (Å²) in [6.07, 6.45) is 4.16. The number of hydrogen-bond donors (Lipinski definition) is 1. The van der Waals surface area contributed by atoms with Gasteiger partial charge in [0.2, 0.25) is 11.8 Å². The van der Waals surface area contributed by atoms with Gasteiger partial charge in [-0.15, -0.1) is 0 Å². The van der Waals surface area contributed by atoms with E-state index in [9.17, 15) is 9.59 Å². The highest BCUT2D eigenvalue weighted by Gasteiger charge is 2.21. The number of benzene rings is 2. The van der Waals surface area contributed by atoms with Crippen molar-refractivity contribution < 1.29 is 9.59 Å². The number of carbonyl (C=O) groups is 2. The van der Waals surface area contributed by atoms with E-state index in [2.05, 4.69) is 12.2 Å². The fraction of sp³-hybridized carbons (Fsp3) is 0.417. The molecule has 1 saturated heterocycles. The van der Waals surface area contributed by atoms with Gasteiger partial charge in [-0.2, -0.15) is 0 Å². The van der Waals surface area contributed by atoms with Crippen molar-refractivity contribution in [2.24, 2.45) is 0 Å². The summed E-state index contributed by atoms with van der Waals surface area (Å²) in [4.78, 5) is 29.5. The zero-order valence-corrected chi connectivity index (χ0v) is 17.5. The van der Waals surface area contributed by atoms with Gasteiger partial charge in [-0.1, -0.05) is 42.8 Å². The topological polar surface area (TPSA) is 52.7 Å². The van der Waals surface area contributed by atoms with Gasteiger partial charge in [-0.05, 0) is 56.4 Å². The SMILES string of the molecule is CCc1ccccc1NC(=O)CN(CC(=O)N1CCCCC1)c1ccc(C)cc1. The molecule has 0 spiro atoms. The number of rotatable bonds is 7. The molecule has 3 rings (SSSR count). The summed E-state index contributed by atoms with van der Waals surface area (Å²) >= 11 is 0. The molecule has 154 valence electrons. The number of anilines is 2.